The SMILES string of the molecule is Cc1cccc(N(CC(F)(F)F)C(C)C)c1N. The first-order valence-corrected chi connectivity index (χ1v) is 5.41. The summed E-state index contributed by atoms with van der Waals surface area (Å²) in [4.78, 5) is 1.27. The predicted molar refractivity (Wildman–Crippen MR) is 64.1 cm³/mol. The highest BCUT2D eigenvalue weighted by Gasteiger charge is 2.32. The average molecular weight is 246 g/mol. The number of hydrogen-bond donors (Lipinski definition) is 1. The minimum Gasteiger partial charge on any atom is -0.397 e. The second kappa shape index (κ2) is 4.85. The number of para-hydroxylation sites is 1. The molecule has 0 spiro atoms. The van der Waals surface area contributed by atoms with Crippen molar-refractivity contribution >= 4 is 11.4 Å². The molecule has 1 aromatic rings. The second-order valence-electron chi connectivity index (χ2n) is 4.34. The van der Waals surface area contributed by atoms with Crippen LogP contribution in [0.2, 0.25) is 0 Å². The molecular formula is C12H17F3N2. The van der Waals surface area contributed by atoms with Crippen molar-refractivity contribution in [2.24, 2.45) is 0 Å². The third-order valence-electron chi connectivity index (χ3n) is 2.58. The number of anilines is 2. The highest BCUT2D eigenvalue weighted by Crippen LogP contribution is 2.30. The molecule has 0 saturated carbocycles. The summed E-state index contributed by atoms with van der Waals surface area (Å²) >= 11 is 0. The van der Waals surface area contributed by atoms with Crippen molar-refractivity contribution in [3.05, 3.63) is 23.8 Å². The lowest BCUT2D eigenvalue weighted by Crippen LogP contribution is -2.39. The molecule has 1 rings (SSSR count). The summed E-state index contributed by atoms with van der Waals surface area (Å²) in [7, 11) is 0. The van der Waals surface area contributed by atoms with E-state index >= 15 is 0 Å². The van der Waals surface area contributed by atoms with E-state index in [1.165, 1.54) is 4.90 Å². The van der Waals surface area contributed by atoms with Gasteiger partial charge in [-0.3, -0.25) is 0 Å². The molecule has 0 fully saturated rings. The molecule has 1 aromatic carbocycles. The maximum Gasteiger partial charge on any atom is 0.405 e. The van der Waals surface area contributed by atoms with Crippen LogP contribution in [0.25, 0.3) is 0 Å². The largest absolute Gasteiger partial charge is 0.405 e. The first-order chi connectivity index (χ1) is 7.72. The maximum atomic E-state index is 12.5. The molecule has 5 heteroatoms. The van der Waals surface area contributed by atoms with Gasteiger partial charge in [-0.2, -0.15) is 13.2 Å². The number of benzene rings is 1. The second-order valence-corrected chi connectivity index (χ2v) is 4.34. The fraction of sp³-hybridized carbons (Fsp3) is 0.500. The van der Waals surface area contributed by atoms with Crippen molar-refractivity contribution in [2.45, 2.75) is 33.0 Å². The zero-order chi connectivity index (χ0) is 13.2. The molecule has 0 radical (unpaired) electrons. The zero-order valence-corrected chi connectivity index (χ0v) is 10.2. The van der Waals surface area contributed by atoms with Gasteiger partial charge in [0.25, 0.3) is 0 Å². The van der Waals surface area contributed by atoms with E-state index < -0.39 is 12.7 Å². The van der Waals surface area contributed by atoms with Crippen LogP contribution in [-0.2, 0) is 0 Å². The van der Waals surface area contributed by atoms with Gasteiger partial charge in [0.05, 0.1) is 11.4 Å². The number of rotatable bonds is 3. The molecular weight excluding hydrogens is 229 g/mol. The maximum absolute atomic E-state index is 12.5. The number of nitrogens with zero attached hydrogens (tertiary/aromatic N) is 1. The van der Waals surface area contributed by atoms with Crippen LogP contribution < -0.4 is 10.6 Å². The van der Waals surface area contributed by atoms with Gasteiger partial charge in [-0.05, 0) is 32.4 Å². The van der Waals surface area contributed by atoms with Gasteiger partial charge in [-0.15, -0.1) is 0 Å². The van der Waals surface area contributed by atoms with E-state index in [1.807, 2.05) is 0 Å². The third kappa shape index (κ3) is 3.54. The van der Waals surface area contributed by atoms with Crippen LogP contribution in [0.3, 0.4) is 0 Å². The Morgan fingerprint density at radius 1 is 1.29 bits per heavy atom. The van der Waals surface area contributed by atoms with Gasteiger partial charge in [0, 0.05) is 6.04 Å². The van der Waals surface area contributed by atoms with Crippen LogP contribution in [0, 0.1) is 6.92 Å². The summed E-state index contributed by atoms with van der Waals surface area (Å²) in [6.07, 6.45) is -4.24. The summed E-state index contributed by atoms with van der Waals surface area (Å²) in [6.45, 7) is 4.23. The Balaban J connectivity index is 3.10. The van der Waals surface area contributed by atoms with Gasteiger partial charge in [0.15, 0.2) is 0 Å². The summed E-state index contributed by atoms with van der Waals surface area (Å²) in [6, 6.07) is 4.85. The first-order valence-electron chi connectivity index (χ1n) is 5.41. The van der Waals surface area contributed by atoms with Crippen molar-refractivity contribution in [3.63, 3.8) is 0 Å². The molecule has 0 heterocycles. The molecule has 0 aromatic heterocycles. The minimum atomic E-state index is -4.24. The van der Waals surface area contributed by atoms with E-state index in [9.17, 15) is 13.2 Å². The molecule has 2 N–H and O–H groups in total. The van der Waals surface area contributed by atoms with Crippen LogP contribution in [0.1, 0.15) is 19.4 Å². The van der Waals surface area contributed by atoms with Crippen molar-refractivity contribution in [3.8, 4) is 0 Å². The van der Waals surface area contributed by atoms with Gasteiger partial charge < -0.3 is 10.6 Å². The van der Waals surface area contributed by atoms with Gasteiger partial charge in [0.2, 0.25) is 0 Å². The highest BCUT2D eigenvalue weighted by molar-refractivity contribution is 5.71. The molecule has 96 valence electrons. The average Bonchev–Trinajstić information content (AvgIpc) is 2.17. The standard InChI is InChI=1S/C12H17F3N2/c1-8(2)17(7-12(13,14)15)10-6-4-5-9(3)11(10)16/h4-6,8H,7,16H2,1-3H3. The normalized spacial score (nSPS) is 11.9. The molecule has 0 unspecified atom stereocenters. The Kier molecular flexibility index (Phi) is 3.91. The van der Waals surface area contributed by atoms with Crippen LogP contribution in [-0.4, -0.2) is 18.8 Å². The predicted octanol–water partition coefficient (Wildman–Crippen LogP) is 3.35. The molecule has 0 atom stereocenters. The zero-order valence-electron chi connectivity index (χ0n) is 10.2. The van der Waals surface area contributed by atoms with Crippen LogP contribution in [0.4, 0.5) is 24.5 Å². The van der Waals surface area contributed by atoms with Crippen LogP contribution in [0.15, 0.2) is 18.2 Å². The van der Waals surface area contributed by atoms with E-state index in [0.29, 0.717) is 11.4 Å². The molecule has 0 aliphatic rings. The van der Waals surface area contributed by atoms with E-state index in [0.717, 1.165) is 5.56 Å². The summed E-state index contributed by atoms with van der Waals surface area (Å²) < 4.78 is 37.5. The van der Waals surface area contributed by atoms with Gasteiger partial charge >= 0.3 is 6.18 Å². The summed E-state index contributed by atoms with van der Waals surface area (Å²) in [5.41, 5.74) is 7.47. The van der Waals surface area contributed by atoms with Crippen molar-refractivity contribution in [1.82, 2.24) is 0 Å². The van der Waals surface area contributed by atoms with E-state index in [2.05, 4.69) is 0 Å². The lowest BCUT2D eigenvalue weighted by molar-refractivity contribution is -0.120. The van der Waals surface area contributed by atoms with Crippen molar-refractivity contribution in [1.29, 1.82) is 0 Å². The topological polar surface area (TPSA) is 29.3 Å². The minimum absolute atomic E-state index is 0.263. The molecule has 0 aliphatic heterocycles. The number of hydrogen-bond acceptors (Lipinski definition) is 2. The summed E-state index contributed by atoms with van der Waals surface area (Å²) in [5.74, 6) is 0. The number of aryl methyl sites for hydroxylation is 1. The highest BCUT2D eigenvalue weighted by atomic mass is 19.4. The molecule has 0 amide bonds. The lowest BCUT2D eigenvalue weighted by atomic mass is 10.1. The van der Waals surface area contributed by atoms with Gasteiger partial charge in [-0.1, -0.05) is 12.1 Å². The summed E-state index contributed by atoms with van der Waals surface area (Å²) in [5, 5.41) is 0. The first kappa shape index (κ1) is 13.7. The number of nitrogen functional groups attached to an aromatic ring is 1. The monoisotopic (exact) mass is 246 g/mol. The van der Waals surface area contributed by atoms with Gasteiger partial charge in [-0.25, -0.2) is 0 Å². The Labute approximate surface area is 99.2 Å². The quantitative estimate of drug-likeness (QED) is 0.829. The van der Waals surface area contributed by atoms with Crippen LogP contribution in [0.5, 0.6) is 0 Å². The Bertz CT molecular complexity index is 386. The third-order valence-corrected chi connectivity index (χ3v) is 2.58. The van der Waals surface area contributed by atoms with E-state index in [-0.39, 0.29) is 6.04 Å². The van der Waals surface area contributed by atoms with E-state index in [4.69, 9.17) is 5.73 Å². The fourth-order valence-corrected chi connectivity index (χ4v) is 1.65. The Morgan fingerprint density at radius 2 is 1.88 bits per heavy atom. The molecule has 2 nitrogen and oxygen atoms in total. The van der Waals surface area contributed by atoms with Crippen molar-refractivity contribution < 1.29 is 13.2 Å². The van der Waals surface area contributed by atoms with Crippen molar-refractivity contribution in [2.75, 3.05) is 17.2 Å². The molecule has 0 saturated heterocycles. The Morgan fingerprint density at radius 3 is 2.35 bits per heavy atom. The molecule has 0 aliphatic carbocycles. The Hall–Kier alpha value is -1.39. The molecule has 0 bridgehead atoms. The van der Waals surface area contributed by atoms with Crippen LogP contribution >= 0.6 is 0 Å². The van der Waals surface area contributed by atoms with E-state index in [1.54, 1.807) is 39.0 Å². The molecule has 17 heavy (non-hydrogen) atoms. The smallest absolute Gasteiger partial charge is 0.397 e. The number of nitrogens with two attached hydrogens (primary N) is 1. The van der Waals surface area contributed by atoms with Gasteiger partial charge in [0.1, 0.15) is 6.54 Å². The fourth-order valence-electron chi connectivity index (χ4n) is 1.65. The number of alkyl halides is 3. The number of halogens is 3. The lowest BCUT2D eigenvalue weighted by Gasteiger charge is -2.31.